The normalized spacial score (nSPS) is 17.2. The zero-order valence-corrected chi connectivity index (χ0v) is 19.1. The summed E-state index contributed by atoms with van der Waals surface area (Å²) < 4.78 is 2.44. The number of aromatic nitrogens is 1. The minimum Gasteiger partial charge on any atom is -0.508 e. The third kappa shape index (κ3) is 3.45. The van der Waals surface area contributed by atoms with Crippen molar-refractivity contribution >= 4 is 34.7 Å². The molecule has 2 heterocycles. The lowest BCUT2D eigenvalue weighted by Gasteiger charge is -2.30. The van der Waals surface area contributed by atoms with Crippen molar-refractivity contribution in [3.8, 4) is 5.75 Å². The van der Waals surface area contributed by atoms with Gasteiger partial charge in [0.1, 0.15) is 5.75 Å². The summed E-state index contributed by atoms with van der Waals surface area (Å²) in [6.45, 7) is 0. The van der Waals surface area contributed by atoms with Crippen LogP contribution in [0.15, 0.2) is 88.2 Å². The fraction of sp³-hybridized carbons (Fsp3) is 0.111. The Hall–Kier alpha value is -3.41. The Labute approximate surface area is 199 Å². The highest BCUT2D eigenvalue weighted by atomic mass is 35.5. The smallest absolute Gasteiger partial charge is 0.271 e. The van der Waals surface area contributed by atoms with Gasteiger partial charge in [-0.05, 0) is 65.4 Å². The third-order valence-corrected chi connectivity index (χ3v) is 7.48. The highest BCUT2D eigenvalue weighted by molar-refractivity contribution is 7.07. The molecule has 0 radical (unpaired) electrons. The average Bonchev–Trinajstić information content (AvgIpc) is 3.14. The SMILES string of the molecule is O=c1/c(=C\c2ccc(O)cc2)sc2n1C(c1ccc(Cl)cc1)C1=C(N=2)c2ccccc2CC1. The summed E-state index contributed by atoms with van der Waals surface area (Å²) in [6.07, 6.45) is 3.64. The van der Waals surface area contributed by atoms with Crippen LogP contribution < -0.4 is 14.9 Å². The van der Waals surface area contributed by atoms with Crippen LogP contribution in [0.5, 0.6) is 5.75 Å². The van der Waals surface area contributed by atoms with E-state index in [1.807, 2.05) is 41.0 Å². The van der Waals surface area contributed by atoms with Gasteiger partial charge in [0.15, 0.2) is 4.80 Å². The van der Waals surface area contributed by atoms with Gasteiger partial charge in [0.05, 0.1) is 16.3 Å². The first-order valence-electron chi connectivity index (χ1n) is 10.8. The molecule has 4 aromatic rings. The lowest BCUT2D eigenvalue weighted by atomic mass is 9.83. The number of hydrogen-bond donors (Lipinski definition) is 1. The van der Waals surface area contributed by atoms with Crippen LogP contribution in [0.3, 0.4) is 0 Å². The quantitative estimate of drug-likeness (QED) is 0.462. The van der Waals surface area contributed by atoms with Gasteiger partial charge in [0, 0.05) is 10.6 Å². The number of rotatable bonds is 2. The number of aryl methyl sites for hydroxylation is 1. The Kier molecular flexibility index (Phi) is 4.82. The fourth-order valence-corrected chi connectivity index (χ4v) is 5.82. The van der Waals surface area contributed by atoms with Crippen molar-refractivity contribution in [2.24, 2.45) is 4.99 Å². The Morgan fingerprint density at radius 1 is 1.00 bits per heavy atom. The molecule has 1 unspecified atom stereocenters. The second-order valence-corrected chi connectivity index (χ2v) is 9.70. The molecule has 0 fully saturated rings. The lowest BCUT2D eigenvalue weighted by molar-refractivity contribution is 0.475. The number of thiazole rings is 1. The zero-order valence-electron chi connectivity index (χ0n) is 17.5. The van der Waals surface area contributed by atoms with Gasteiger partial charge in [-0.1, -0.05) is 71.5 Å². The number of hydrogen-bond acceptors (Lipinski definition) is 4. The summed E-state index contributed by atoms with van der Waals surface area (Å²) in [4.78, 5) is 19.3. The third-order valence-electron chi connectivity index (χ3n) is 6.25. The number of allylic oxidation sites excluding steroid dienone is 1. The van der Waals surface area contributed by atoms with Crippen LogP contribution >= 0.6 is 22.9 Å². The summed E-state index contributed by atoms with van der Waals surface area (Å²) in [6, 6.07) is 22.8. The number of benzene rings is 3. The van der Waals surface area contributed by atoms with Crippen molar-refractivity contribution < 1.29 is 5.11 Å². The molecule has 0 spiro atoms. The molecule has 1 atom stereocenters. The van der Waals surface area contributed by atoms with E-state index in [4.69, 9.17) is 16.6 Å². The number of nitrogens with zero attached hydrogens (tertiary/aromatic N) is 2. The summed E-state index contributed by atoms with van der Waals surface area (Å²) in [7, 11) is 0. The maximum Gasteiger partial charge on any atom is 0.271 e. The molecule has 1 aliphatic heterocycles. The van der Waals surface area contributed by atoms with E-state index < -0.39 is 0 Å². The monoisotopic (exact) mass is 470 g/mol. The molecule has 6 rings (SSSR count). The molecular formula is C27H19ClN2O2S. The highest BCUT2D eigenvalue weighted by Gasteiger charge is 2.32. The second-order valence-electron chi connectivity index (χ2n) is 8.26. The van der Waals surface area contributed by atoms with Crippen LogP contribution in [0.2, 0.25) is 5.02 Å². The van der Waals surface area contributed by atoms with E-state index in [1.54, 1.807) is 24.3 Å². The van der Waals surface area contributed by atoms with Crippen LogP contribution in [-0.4, -0.2) is 9.67 Å². The first kappa shape index (κ1) is 20.2. The predicted octanol–water partition coefficient (Wildman–Crippen LogP) is 4.68. The van der Waals surface area contributed by atoms with Gasteiger partial charge in [0.2, 0.25) is 0 Å². The molecule has 4 nitrogen and oxygen atoms in total. The van der Waals surface area contributed by atoms with Crippen molar-refractivity contribution in [2.75, 3.05) is 0 Å². The maximum atomic E-state index is 13.6. The molecule has 1 N–H and O–H groups in total. The Bertz CT molecular complexity index is 1600. The van der Waals surface area contributed by atoms with Crippen LogP contribution in [0, 0.1) is 0 Å². The molecule has 0 bridgehead atoms. The van der Waals surface area contributed by atoms with Crippen molar-refractivity contribution in [2.45, 2.75) is 18.9 Å². The summed E-state index contributed by atoms with van der Waals surface area (Å²) in [5, 5.41) is 10.3. The first-order chi connectivity index (χ1) is 16.1. The number of fused-ring (bicyclic) bond motifs is 3. The Morgan fingerprint density at radius 3 is 2.55 bits per heavy atom. The molecule has 3 aromatic carbocycles. The number of phenols is 1. The molecule has 2 aliphatic rings. The van der Waals surface area contributed by atoms with Gasteiger partial charge in [-0.25, -0.2) is 4.99 Å². The molecule has 0 saturated carbocycles. The van der Waals surface area contributed by atoms with Crippen LogP contribution in [0.25, 0.3) is 11.8 Å². The van der Waals surface area contributed by atoms with E-state index in [0.717, 1.165) is 35.2 Å². The highest BCUT2D eigenvalue weighted by Crippen LogP contribution is 2.41. The van der Waals surface area contributed by atoms with E-state index in [2.05, 4.69) is 18.2 Å². The summed E-state index contributed by atoms with van der Waals surface area (Å²) in [5.74, 6) is 0.197. The minimum atomic E-state index is -0.219. The molecular weight excluding hydrogens is 452 g/mol. The van der Waals surface area contributed by atoms with E-state index in [-0.39, 0.29) is 17.4 Å². The largest absolute Gasteiger partial charge is 0.508 e. The molecule has 162 valence electrons. The van der Waals surface area contributed by atoms with E-state index in [1.165, 1.54) is 22.5 Å². The lowest BCUT2D eigenvalue weighted by Crippen LogP contribution is -2.38. The molecule has 33 heavy (non-hydrogen) atoms. The predicted molar refractivity (Wildman–Crippen MR) is 132 cm³/mol. The number of halogens is 1. The Morgan fingerprint density at radius 2 is 1.76 bits per heavy atom. The zero-order chi connectivity index (χ0) is 22.5. The molecule has 0 amide bonds. The van der Waals surface area contributed by atoms with Gasteiger partial charge in [-0.15, -0.1) is 0 Å². The van der Waals surface area contributed by atoms with Crippen molar-refractivity contribution in [3.05, 3.63) is 125 Å². The van der Waals surface area contributed by atoms with Crippen molar-refractivity contribution in [3.63, 3.8) is 0 Å². The van der Waals surface area contributed by atoms with Crippen LogP contribution in [0.4, 0.5) is 0 Å². The molecule has 0 saturated heterocycles. The summed E-state index contributed by atoms with van der Waals surface area (Å²) in [5.41, 5.74) is 6.41. The van der Waals surface area contributed by atoms with Gasteiger partial charge < -0.3 is 5.11 Å². The van der Waals surface area contributed by atoms with E-state index >= 15 is 0 Å². The van der Waals surface area contributed by atoms with E-state index in [9.17, 15) is 9.90 Å². The standard InChI is InChI=1S/C27H19ClN2O2S/c28-19-10-7-18(8-11-19)25-22-14-9-17-3-1-2-4-21(17)24(22)29-27-30(25)26(32)23(33-27)15-16-5-12-20(31)13-6-16/h1-8,10-13,15,25,31H,9,14H2/b23-15+. The van der Waals surface area contributed by atoms with Gasteiger partial charge >= 0.3 is 0 Å². The van der Waals surface area contributed by atoms with Crippen molar-refractivity contribution in [1.82, 2.24) is 4.57 Å². The topological polar surface area (TPSA) is 54.6 Å². The Balaban J connectivity index is 1.62. The van der Waals surface area contributed by atoms with Crippen molar-refractivity contribution in [1.29, 1.82) is 0 Å². The molecule has 6 heteroatoms. The molecule has 1 aromatic heterocycles. The second kappa shape index (κ2) is 7.87. The number of aromatic hydroxyl groups is 1. The van der Waals surface area contributed by atoms with Crippen LogP contribution in [-0.2, 0) is 6.42 Å². The maximum absolute atomic E-state index is 13.6. The first-order valence-corrected chi connectivity index (χ1v) is 12.0. The minimum absolute atomic E-state index is 0.0582. The summed E-state index contributed by atoms with van der Waals surface area (Å²) >= 11 is 7.57. The average molecular weight is 471 g/mol. The van der Waals surface area contributed by atoms with Crippen LogP contribution in [0.1, 0.15) is 34.7 Å². The van der Waals surface area contributed by atoms with E-state index in [0.29, 0.717) is 14.4 Å². The number of phenolic OH excluding ortho intramolecular Hbond substituents is 1. The van der Waals surface area contributed by atoms with Gasteiger partial charge in [-0.3, -0.25) is 9.36 Å². The fourth-order valence-electron chi connectivity index (χ4n) is 4.69. The molecule has 1 aliphatic carbocycles. The van der Waals surface area contributed by atoms with Gasteiger partial charge in [-0.2, -0.15) is 0 Å². The van der Waals surface area contributed by atoms with Gasteiger partial charge in [0.25, 0.3) is 5.56 Å².